The van der Waals surface area contributed by atoms with Crippen LogP contribution in [0.3, 0.4) is 0 Å². The van der Waals surface area contributed by atoms with Crippen LogP contribution >= 0.6 is 11.3 Å². The first kappa shape index (κ1) is 16.0. The van der Waals surface area contributed by atoms with E-state index in [2.05, 4.69) is 12.1 Å². The molecule has 2 heterocycles. The molecule has 26 heavy (non-hydrogen) atoms. The van der Waals surface area contributed by atoms with Crippen molar-refractivity contribution in [1.82, 2.24) is 0 Å². The van der Waals surface area contributed by atoms with Crippen molar-refractivity contribution in [2.24, 2.45) is 0 Å². The molecule has 3 aromatic rings. The lowest BCUT2D eigenvalue weighted by molar-refractivity contribution is 0.174. The van der Waals surface area contributed by atoms with Crippen molar-refractivity contribution in [3.05, 3.63) is 64.5 Å². The maximum Gasteiger partial charge on any atom is 0.231 e. The molecule has 0 saturated carbocycles. The fourth-order valence-electron chi connectivity index (χ4n) is 2.65. The van der Waals surface area contributed by atoms with E-state index in [9.17, 15) is 5.26 Å². The lowest BCUT2D eigenvalue weighted by Gasteiger charge is -2.05. The average Bonchev–Trinajstić information content (AvgIpc) is 3.32. The molecule has 0 atom stereocenters. The lowest BCUT2D eigenvalue weighted by Crippen LogP contribution is -1.95. The van der Waals surface area contributed by atoms with Crippen LogP contribution in [0.5, 0.6) is 16.6 Å². The molecule has 0 radical (unpaired) electrons. The van der Waals surface area contributed by atoms with Gasteiger partial charge in [-0.3, -0.25) is 0 Å². The van der Waals surface area contributed by atoms with Crippen LogP contribution in [0.1, 0.15) is 16.7 Å². The molecule has 126 valence electrons. The van der Waals surface area contributed by atoms with Crippen molar-refractivity contribution >= 4 is 11.3 Å². The number of ether oxygens (including phenoxy) is 3. The highest BCUT2D eigenvalue weighted by Gasteiger charge is 2.18. The standard InChI is InChI=1S/C20H12N2O3S/c21-8-13-1-3-14(4-2-13)10-23-20-16(9-22)17(11-26-20)15-5-6-18-19(7-15)25-12-24-18/h1-7,11H,10,12H2. The number of benzene rings is 2. The van der Waals surface area contributed by atoms with E-state index in [1.165, 1.54) is 11.3 Å². The molecule has 0 fully saturated rings. The summed E-state index contributed by atoms with van der Waals surface area (Å²) in [5, 5.41) is 20.9. The van der Waals surface area contributed by atoms with Gasteiger partial charge in [-0.1, -0.05) is 18.2 Å². The topological polar surface area (TPSA) is 75.3 Å². The predicted octanol–water partition coefficient (Wildman–Crippen LogP) is 4.47. The number of fused-ring (bicyclic) bond motifs is 1. The molecule has 0 saturated heterocycles. The Kier molecular flexibility index (Phi) is 4.18. The third kappa shape index (κ3) is 2.95. The predicted molar refractivity (Wildman–Crippen MR) is 96.1 cm³/mol. The number of hydrogen-bond acceptors (Lipinski definition) is 6. The van der Waals surface area contributed by atoms with Crippen molar-refractivity contribution in [1.29, 1.82) is 10.5 Å². The minimum atomic E-state index is 0.215. The molecular weight excluding hydrogens is 348 g/mol. The number of rotatable bonds is 4. The Morgan fingerprint density at radius 2 is 1.81 bits per heavy atom. The summed E-state index contributed by atoms with van der Waals surface area (Å²) in [6, 6.07) is 17.1. The number of nitrogens with zero attached hydrogens (tertiary/aromatic N) is 2. The highest BCUT2D eigenvalue weighted by molar-refractivity contribution is 7.12. The molecule has 5 nitrogen and oxygen atoms in total. The number of thiophene rings is 1. The molecule has 6 heteroatoms. The van der Waals surface area contributed by atoms with Gasteiger partial charge < -0.3 is 14.2 Å². The fraction of sp³-hybridized carbons (Fsp3) is 0.100. The number of nitriles is 2. The quantitative estimate of drug-likeness (QED) is 0.686. The highest BCUT2D eigenvalue weighted by atomic mass is 32.1. The van der Waals surface area contributed by atoms with E-state index in [1.54, 1.807) is 12.1 Å². The van der Waals surface area contributed by atoms with E-state index in [-0.39, 0.29) is 6.79 Å². The maximum absolute atomic E-state index is 9.59. The Hall–Kier alpha value is -3.48. The summed E-state index contributed by atoms with van der Waals surface area (Å²) in [5.41, 5.74) is 3.74. The largest absolute Gasteiger partial charge is 0.478 e. The molecule has 0 bridgehead atoms. The molecule has 0 aliphatic carbocycles. The van der Waals surface area contributed by atoms with Crippen LogP contribution in [0, 0.1) is 22.7 Å². The van der Waals surface area contributed by atoms with Gasteiger partial charge in [-0.25, -0.2) is 0 Å². The van der Waals surface area contributed by atoms with Gasteiger partial charge in [0.1, 0.15) is 18.2 Å². The zero-order chi connectivity index (χ0) is 17.9. The smallest absolute Gasteiger partial charge is 0.231 e. The Bertz CT molecular complexity index is 1040. The van der Waals surface area contributed by atoms with Crippen LogP contribution < -0.4 is 14.2 Å². The molecule has 0 amide bonds. The summed E-state index contributed by atoms with van der Waals surface area (Å²) in [4.78, 5) is 0. The minimum absolute atomic E-state index is 0.215. The van der Waals surface area contributed by atoms with Crippen LogP contribution in [-0.4, -0.2) is 6.79 Å². The molecule has 0 unspecified atom stereocenters. The van der Waals surface area contributed by atoms with Gasteiger partial charge in [0, 0.05) is 10.9 Å². The van der Waals surface area contributed by atoms with Gasteiger partial charge in [0.05, 0.1) is 11.6 Å². The summed E-state index contributed by atoms with van der Waals surface area (Å²) in [6.07, 6.45) is 0. The molecule has 0 N–H and O–H groups in total. The van der Waals surface area contributed by atoms with Crippen molar-refractivity contribution < 1.29 is 14.2 Å². The molecule has 2 aromatic carbocycles. The lowest BCUT2D eigenvalue weighted by atomic mass is 10.0. The SMILES string of the molecule is N#Cc1ccc(COc2scc(-c3ccc4c(c3)OCO4)c2C#N)cc1. The van der Waals surface area contributed by atoms with Crippen molar-refractivity contribution in [2.75, 3.05) is 6.79 Å². The summed E-state index contributed by atoms with van der Waals surface area (Å²) in [6.45, 7) is 0.550. The Balaban J connectivity index is 1.57. The Morgan fingerprint density at radius 1 is 1.00 bits per heavy atom. The van der Waals surface area contributed by atoms with Gasteiger partial charge in [0.2, 0.25) is 6.79 Å². The van der Waals surface area contributed by atoms with Gasteiger partial charge in [-0.05, 0) is 35.4 Å². The van der Waals surface area contributed by atoms with E-state index in [0.717, 1.165) is 16.7 Å². The first-order valence-electron chi connectivity index (χ1n) is 7.82. The third-order valence-electron chi connectivity index (χ3n) is 4.01. The Labute approximate surface area is 154 Å². The van der Waals surface area contributed by atoms with Gasteiger partial charge in [-0.2, -0.15) is 10.5 Å². The summed E-state index contributed by atoms with van der Waals surface area (Å²) in [7, 11) is 0. The van der Waals surface area contributed by atoms with Gasteiger partial charge in [-0.15, -0.1) is 11.3 Å². The highest BCUT2D eigenvalue weighted by Crippen LogP contribution is 2.41. The molecule has 4 rings (SSSR count). The fourth-order valence-corrected chi connectivity index (χ4v) is 3.53. The first-order chi connectivity index (χ1) is 12.8. The average molecular weight is 360 g/mol. The van der Waals surface area contributed by atoms with E-state index >= 15 is 0 Å². The molecule has 1 aromatic heterocycles. The molecular formula is C20H12N2O3S. The molecule has 0 spiro atoms. The van der Waals surface area contributed by atoms with Crippen LogP contribution in [-0.2, 0) is 6.61 Å². The maximum atomic E-state index is 9.59. The zero-order valence-electron chi connectivity index (χ0n) is 13.6. The summed E-state index contributed by atoms with van der Waals surface area (Å²) >= 11 is 1.39. The third-order valence-corrected chi connectivity index (χ3v) is 4.90. The first-order valence-corrected chi connectivity index (χ1v) is 8.70. The molecule has 1 aliphatic heterocycles. The van der Waals surface area contributed by atoms with Crippen molar-refractivity contribution in [3.63, 3.8) is 0 Å². The van der Waals surface area contributed by atoms with E-state index < -0.39 is 0 Å². The van der Waals surface area contributed by atoms with E-state index in [1.807, 2.05) is 35.7 Å². The van der Waals surface area contributed by atoms with E-state index in [0.29, 0.717) is 34.3 Å². The van der Waals surface area contributed by atoms with Gasteiger partial charge in [0.25, 0.3) is 0 Å². The summed E-state index contributed by atoms with van der Waals surface area (Å²) in [5.74, 6) is 1.39. The second kappa shape index (κ2) is 6.79. The second-order valence-electron chi connectivity index (χ2n) is 5.59. The minimum Gasteiger partial charge on any atom is -0.478 e. The zero-order valence-corrected chi connectivity index (χ0v) is 14.4. The van der Waals surface area contributed by atoms with Gasteiger partial charge in [0.15, 0.2) is 16.6 Å². The monoisotopic (exact) mass is 360 g/mol. The number of hydrogen-bond donors (Lipinski definition) is 0. The van der Waals surface area contributed by atoms with Crippen molar-refractivity contribution in [3.8, 4) is 39.8 Å². The van der Waals surface area contributed by atoms with E-state index in [4.69, 9.17) is 19.5 Å². The van der Waals surface area contributed by atoms with Crippen molar-refractivity contribution in [2.45, 2.75) is 6.61 Å². The van der Waals surface area contributed by atoms with Crippen LogP contribution in [0.4, 0.5) is 0 Å². The summed E-state index contributed by atoms with van der Waals surface area (Å²) < 4.78 is 16.6. The van der Waals surface area contributed by atoms with Crippen LogP contribution in [0.2, 0.25) is 0 Å². The van der Waals surface area contributed by atoms with Crippen LogP contribution in [0.15, 0.2) is 47.8 Å². The molecule has 1 aliphatic rings. The normalized spacial score (nSPS) is 11.6. The Morgan fingerprint density at radius 3 is 2.58 bits per heavy atom. The second-order valence-corrected chi connectivity index (χ2v) is 6.43. The van der Waals surface area contributed by atoms with Gasteiger partial charge >= 0.3 is 0 Å². The van der Waals surface area contributed by atoms with Crippen LogP contribution in [0.25, 0.3) is 11.1 Å².